The van der Waals surface area contributed by atoms with Gasteiger partial charge in [-0.25, -0.2) is 0 Å². The summed E-state index contributed by atoms with van der Waals surface area (Å²) in [5.74, 6) is -0.384. The summed E-state index contributed by atoms with van der Waals surface area (Å²) >= 11 is 5.26. The molecule has 0 fully saturated rings. The van der Waals surface area contributed by atoms with Crippen LogP contribution in [0.25, 0.3) is 0 Å². The van der Waals surface area contributed by atoms with Crippen LogP contribution in [0.3, 0.4) is 0 Å². The van der Waals surface area contributed by atoms with Gasteiger partial charge in [-0.05, 0) is 61.5 Å². The largest absolute Gasteiger partial charge is 0.496 e. The van der Waals surface area contributed by atoms with Crippen LogP contribution in [0, 0.1) is 6.92 Å². The minimum Gasteiger partial charge on any atom is -0.496 e. The molecule has 0 spiro atoms. The highest BCUT2D eigenvalue weighted by Crippen LogP contribution is 2.21. The van der Waals surface area contributed by atoms with Crippen molar-refractivity contribution in [2.45, 2.75) is 20.3 Å². The van der Waals surface area contributed by atoms with Crippen LogP contribution in [0.15, 0.2) is 47.6 Å². The quantitative estimate of drug-likeness (QED) is 0.410. The molecular weight excluding hydrogens is 350 g/mol. The second-order valence-electron chi connectivity index (χ2n) is 5.68. The average molecular weight is 371 g/mol. The number of nitrogens with one attached hydrogen (secondary N) is 2. The lowest BCUT2D eigenvalue weighted by Crippen LogP contribution is -2.25. The summed E-state index contributed by atoms with van der Waals surface area (Å²) in [5, 5.41) is 16.8. The van der Waals surface area contributed by atoms with E-state index >= 15 is 0 Å². The molecule has 0 saturated heterocycles. The van der Waals surface area contributed by atoms with E-state index in [-0.39, 0.29) is 6.42 Å². The van der Waals surface area contributed by atoms with E-state index in [2.05, 4.69) is 15.8 Å². The normalized spacial score (nSPS) is 11.0. The Balaban J connectivity index is 2.10. The predicted octanol–water partition coefficient (Wildman–Crippen LogP) is 3.34. The number of hydrazone groups is 1. The number of carbonyl (C=O) groups is 1. The van der Waals surface area contributed by atoms with Crippen molar-refractivity contribution >= 4 is 34.7 Å². The number of ether oxygens (including phenoxy) is 1. The summed E-state index contributed by atoms with van der Waals surface area (Å²) in [6.45, 7) is 3.80. The molecule has 0 aromatic heterocycles. The summed E-state index contributed by atoms with van der Waals surface area (Å²) in [5.41, 5.74) is 6.84. The lowest BCUT2D eigenvalue weighted by molar-refractivity contribution is -0.136. The first-order chi connectivity index (χ1) is 12.4. The maximum Gasteiger partial charge on any atom is 0.307 e. The van der Waals surface area contributed by atoms with Crippen molar-refractivity contribution in [3.8, 4) is 5.75 Å². The number of hydrogen-bond acceptors (Lipinski definition) is 4. The van der Waals surface area contributed by atoms with Crippen LogP contribution >= 0.6 is 12.2 Å². The SMILES string of the molecule is COc1ccc(/C(C)=N\NC(=S)Nc2ccccc2C)cc1CC(=O)O. The standard InChI is InChI=1S/C19H21N3O3S/c1-12-6-4-5-7-16(12)20-19(26)22-21-13(2)14-8-9-17(25-3)15(10-14)11-18(23)24/h4-10H,11H2,1-3H3,(H,23,24)(H2,20,22,26)/b21-13-. The summed E-state index contributed by atoms with van der Waals surface area (Å²) in [4.78, 5) is 11.0. The Kier molecular flexibility index (Phi) is 6.68. The zero-order valence-electron chi connectivity index (χ0n) is 14.9. The minimum atomic E-state index is -0.920. The number of rotatable bonds is 6. The highest BCUT2D eigenvalue weighted by atomic mass is 32.1. The van der Waals surface area contributed by atoms with Crippen molar-refractivity contribution in [3.05, 3.63) is 59.2 Å². The fourth-order valence-corrected chi connectivity index (χ4v) is 2.52. The van der Waals surface area contributed by atoms with Crippen LogP contribution in [0.1, 0.15) is 23.6 Å². The third kappa shape index (κ3) is 5.29. The van der Waals surface area contributed by atoms with Gasteiger partial charge in [-0.1, -0.05) is 18.2 Å². The van der Waals surface area contributed by atoms with Gasteiger partial charge in [0.05, 0.1) is 19.2 Å². The van der Waals surface area contributed by atoms with Crippen LogP contribution in [-0.4, -0.2) is 29.0 Å². The van der Waals surface area contributed by atoms with Crippen LogP contribution in [0.5, 0.6) is 5.75 Å². The van der Waals surface area contributed by atoms with Gasteiger partial charge in [-0.15, -0.1) is 0 Å². The average Bonchev–Trinajstić information content (AvgIpc) is 2.61. The number of carboxylic acid groups (broad SMARTS) is 1. The number of anilines is 1. The number of hydrogen-bond donors (Lipinski definition) is 3. The van der Waals surface area contributed by atoms with E-state index in [9.17, 15) is 4.79 Å². The molecule has 6 nitrogen and oxygen atoms in total. The number of aliphatic carboxylic acids is 1. The van der Waals surface area contributed by atoms with Crippen molar-refractivity contribution < 1.29 is 14.6 Å². The van der Waals surface area contributed by atoms with E-state index in [1.807, 2.05) is 44.2 Å². The van der Waals surface area contributed by atoms with Crippen LogP contribution < -0.4 is 15.5 Å². The third-order valence-corrected chi connectivity index (χ3v) is 3.95. The van der Waals surface area contributed by atoms with Gasteiger partial charge < -0.3 is 15.2 Å². The van der Waals surface area contributed by atoms with Gasteiger partial charge >= 0.3 is 5.97 Å². The van der Waals surface area contributed by atoms with Crippen LogP contribution in [-0.2, 0) is 11.2 Å². The number of benzene rings is 2. The van der Waals surface area contributed by atoms with Crippen molar-refractivity contribution in [2.24, 2.45) is 5.10 Å². The summed E-state index contributed by atoms with van der Waals surface area (Å²) in [6.07, 6.45) is -0.120. The Labute approximate surface area is 157 Å². The Bertz CT molecular complexity index is 850. The van der Waals surface area contributed by atoms with Gasteiger partial charge in [0.1, 0.15) is 5.75 Å². The Morgan fingerprint density at radius 2 is 2.00 bits per heavy atom. The highest BCUT2D eigenvalue weighted by molar-refractivity contribution is 7.80. The molecule has 0 aliphatic heterocycles. The molecule has 0 bridgehead atoms. The second-order valence-corrected chi connectivity index (χ2v) is 6.08. The first-order valence-corrected chi connectivity index (χ1v) is 8.37. The smallest absolute Gasteiger partial charge is 0.307 e. The maximum atomic E-state index is 11.0. The van der Waals surface area contributed by atoms with Gasteiger partial charge in [0, 0.05) is 11.3 Å². The van der Waals surface area contributed by atoms with Crippen molar-refractivity contribution in [2.75, 3.05) is 12.4 Å². The van der Waals surface area contributed by atoms with Crippen LogP contribution in [0.2, 0.25) is 0 Å². The molecular formula is C19H21N3O3S. The van der Waals surface area contributed by atoms with E-state index in [1.54, 1.807) is 12.1 Å². The monoisotopic (exact) mass is 371 g/mol. The zero-order valence-corrected chi connectivity index (χ0v) is 15.7. The number of thiocarbonyl (C=S) groups is 1. The minimum absolute atomic E-state index is 0.120. The number of para-hydroxylation sites is 1. The van der Waals surface area contributed by atoms with E-state index in [0.717, 1.165) is 16.8 Å². The third-order valence-electron chi connectivity index (χ3n) is 3.76. The Morgan fingerprint density at radius 1 is 1.27 bits per heavy atom. The van der Waals surface area contributed by atoms with Gasteiger partial charge in [0.25, 0.3) is 0 Å². The zero-order chi connectivity index (χ0) is 19.1. The molecule has 3 N–H and O–H groups in total. The Morgan fingerprint density at radius 3 is 2.65 bits per heavy atom. The van der Waals surface area contributed by atoms with E-state index in [1.165, 1.54) is 7.11 Å². The molecule has 136 valence electrons. The van der Waals surface area contributed by atoms with Gasteiger partial charge in [0.15, 0.2) is 5.11 Å². The molecule has 26 heavy (non-hydrogen) atoms. The summed E-state index contributed by atoms with van der Waals surface area (Å²) in [7, 11) is 1.51. The topological polar surface area (TPSA) is 83.0 Å². The molecule has 0 heterocycles. The first-order valence-electron chi connectivity index (χ1n) is 7.96. The molecule has 2 aromatic rings. The summed E-state index contributed by atoms with van der Waals surface area (Å²) < 4.78 is 5.21. The molecule has 2 aromatic carbocycles. The highest BCUT2D eigenvalue weighted by Gasteiger charge is 2.10. The van der Waals surface area contributed by atoms with Crippen LogP contribution in [0.4, 0.5) is 5.69 Å². The van der Waals surface area contributed by atoms with Crippen molar-refractivity contribution in [1.29, 1.82) is 0 Å². The van der Waals surface area contributed by atoms with E-state index in [0.29, 0.717) is 22.1 Å². The molecule has 0 aliphatic carbocycles. The molecule has 0 aliphatic rings. The molecule has 0 atom stereocenters. The van der Waals surface area contributed by atoms with Gasteiger partial charge in [-0.2, -0.15) is 5.10 Å². The second kappa shape index (κ2) is 8.96. The lowest BCUT2D eigenvalue weighted by atomic mass is 10.0. The van der Waals surface area contributed by atoms with E-state index < -0.39 is 5.97 Å². The predicted molar refractivity (Wildman–Crippen MR) is 107 cm³/mol. The molecule has 7 heteroatoms. The number of nitrogens with zero attached hydrogens (tertiary/aromatic N) is 1. The number of methoxy groups -OCH3 is 1. The van der Waals surface area contributed by atoms with Crippen molar-refractivity contribution in [1.82, 2.24) is 5.43 Å². The van der Waals surface area contributed by atoms with E-state index in [4.69, 9.17) is 22.1 Å². The number of carboxylic acids is 1. The van der Waals surface area contributed by atoms with Crippen molar-refractivity contribution in [3.63, 3.8) is 0 Å². The fourth-order valence-electron chi connectivity index (χ4n) is 2.37. The Hall–Kier alpha value is -2.93. The first kappa shape index (κ1) is 19.4. The molecule has 0 unspecified atom stereocenters. The molecule has 0 saturated carbocycles. The number of aryl methyl sites for hydroxylation is 1. The molecule has 0 amide bonds. The molecule has 0 radical (unpaired) electrons. The maximum absolute atomic E-state index is 11.0. The lowest BCUT2D eigenvalue weighted by Gasteiger charge is -2.11. The van der Waals surface area contributed by atoms with Gasteiger partial charge in [0.2, 0.25) is 0 Å². The fraction of sp³-hybridized carbons (Fsp3) is 0.211. The summed E-state index contributed by atoms with van der Waals surface area (Å²) in [6, 6.07) is 13.1. The van der Waals surface area contributed by atoms with Gasteiger partial charge in [-0.3, -0.25) is 10.2 Å². The molecule has 2 rings (SSSR count).